The van der Waals surface area contributed by atoms with Crippen LogP contribution in [0.4, 0.5) is 0 Å². The Kier molecular flexibility index (Phi) is 6.94. The number of rotatable bonds is 8. The largest absolute Gasteiger partial charge is 0.495 e. The molecule has 104 valence electrons. The second kappa shape index (κ2) is 8.52. The Bertz CT molecular complexity index is 427. The molecule has 0 aliphatic rings. The zero-order valence-corrected chi connectivity index (χ0v) is 11.6. The van der Waals surface area contributed by atoms with Crippen molar-refractivity contribution in [2.24, 2.45) is 5.92 Å². The van der Waals surface area contributed by atoms with E-state index >= 15 is 0 Å². The molecule has 0 aliphatic carbocycles. The summed E-state index contributed by atoms with van der Waals surface area (Å²) in [5.74, 6) is 1.11. The summed E-state index contributed by atoms with van der Waals surface area (Å²) < 4.78 is 5.11. The fraction of sp³-hybridized carbons (Fsp3) is 0.533. The molecular weight excluding hydrogens is 240 g/mol. The number of nitriles is 1. The number of methoxy groups -OCH3 is 1. The standard InChI is InChI=1S/C15H22N2O2/c1-3-12(6-7-18)10-17-11-13-4-5-15(19-2)14(8-13)9-16/h4-5,8,12,17-18H,3,6-7,10-11H2,1-2H3. The van der Waals surface area contributed by atoms with Crippen LogP contribution < -0.4 is 10.1 Å². The summed E-state index contributed by atoms with van der Waals surface area (Å²) >= 11 is 0. The highest BCUT2D eigenvalue weighted by Gasteiger charge is 2.06. The monoisotopic (exact) mass is 262 g/mol. The van der Waals surface area contributed by atoms with Gasteiger partial charge in [-0.25, -0.2) is 0 Å². The van der Waals surface area contributed by atoms with Gasteiger partial charge in [0.1, 0.15) is 11.8 Å². The van der Waals surface area contributed by atoms with Crippen LogP contribution in [0.1, 0.15) is 30.9 Å². The van der Waals surface area contributed by atoms with Gasteiger partial charge < -0.3 is 15.2 Å². The molecule has 0 bridgehead atoms. The van der Waals surface area contributed by atoms with Crippen LogP contribution in [0.2, 0.25) is 0 Å². The second-order valence-corrected chi connectivity index (χ2v) is 4.56. The highest BCUT2D eigenvalue weighted by atomic mass is 16.5. The van der Waals surface area contributed by atoms with Gasteiger partial charge in [0.25, 0.3) is 0 Å². The molecule has 0 aromatic heterocycles. The van der Waals surface area contributed by atoms with E-state index in [9.17, 15) is 0 Å². The Hall–Kier alpha value is -1.57. The van der Waals surface area contributed by atoms with E-state index in [1.54, 1.807) is 7.11 Å². The van der Waals surface area contributed by atoms with Crippen LogP contribution in [0.15, 0.2) is 18.2 Å². The van der Waals surface area contributed by atoms with Crippen LogP contribution >= 0.6 is 0 Å². The third-order valence-corrected chi connectivity index (χ3v) is 3.26. The van der Waals surface area contributed by atoms with Crippen molar-refractivity contribution in [3.8, 4) is 11.8 Å². The molecule has 0 amide bonds. The van der Waals surface area contributed by atoms with Gasteiger partial charge in [0.2, 0.25) is 0 Å². The third-order valence-electron chi connectivity index (χ3n) is 3.26. The van der Waals surface area contributed by atoms with Gasteiger partial charge >= 0.3 is 0 Å². The lowest BCUT2D eigenvalue weighted by molar-refractivity contribution is 0.251. The van der Waals surface area contributed by atoms with Crippen molar-refractivity contribution in [1.82, 2.24) is 5.32 Å². The molecule has 1 atom stereocenters. The topological polar surface area (TPSA) is 65.3 Å². The fourth-order valence-corrected chi connectivity index (χ4v) is 2.01. The van der Waals surface area contributed by atoms with Crippen LogP contribution in [0.3, 0.4) is 0 Å². The number of ether oxygens (including phenoxy) is 1. The Morgan fingerprint density at radius 2 is 2.26 bits per heavy atom. The predicted octanol–water partition coefficient (Wildman–Crippen LogP) is 2.07. The molecule has 1 aromatic carbocycles. The van der Waals surface area contributed by atoms with E-state index in [0.29, 0.717) is 17.2 Å². The molecule has 1 unspecified atom stereocenters. The minimum Gasteiger partial charge on any atom is -0.495 e. The lowest BCUT2D eigenvalue weighted by Crippen LogP contribution is -2.22. The Balaban J connectivity index is 2.52. The number of nitrogens with one attached hydrogen (secondary N) is 1. The number of hydrogen-bond donors (Lipinski definition) is 2. The molecule has 4 heteroatoms. The van der Waals surface area contributed by atoms with Crippen LogP contribution in [-0.4, -0.2) is 25.4 Å². The molecule has 0 heterocycles. The van der Waals surface area contributed by atoms with Gasteiger partial charge in [0, 0.05) is 13.2 Å². The van der Waals surface area contributed by atoms with E-state index in [2.05, 4.69) is 18.3 Å². The molecule has 0 saturated heterocycles. The molecule has 0 aliphatic heterocycles. The molecule has 0 fully saturated rings. The molecule has 1 rings (SSSR count). The lowest BCUT2D eigenvalue weighted by Gasteiger charge is -2.14. The van der Waals surface area contributed by atoms with Crippen LogP contribution in [-0.2, 0) is 6.54 Å². The van der Waals surface area contributed by atoms with E-state index in [1.165, 1.54) is 0 Å². The van der Waals surface area contributed by atoms with E-state index in [1.807, 2.05) is 18.2 Å². The summed E-state index contributed by atoms with van der Waals surface area (Å²) in [5, 5.41) is 21.3. The maximum atomic E-state index is 9.02. The Morgan fingerprint density at radius 1 is 1.47 bits per heavy atom. The summed E-state index contributed by atoms with van der Waals surface area (Å²) in [7, 11) is 1.56. The minimum absolute atomic E-state index is 0.237. The summed E-state index contributed by atoms with van der Waals surface area (Å²) in [6.45, 7) is 3.97. The highest BCUT2D eigenvalue weighted by molar-refractivity contribution is 5.45. The third kappa shape index (κ3) is 4.90. The molecule has 0 saturated carbocycles. The van der Waals surface area contributed by atoms with Gasteiger partial charge in [-0.1, -0.05) is 19.4 Å². The van der Waals surface area contributed by atoms with E-state index in [0.717, 1.165) is 31.5 Å². The van der Waals surface area contributed by atoms with Crippen molar-refractivity contribution in [3.63, 3.8) is 0 Å². The van der Waals surface area contributed by atoms with E-state index < -0.39 is 0 Å². The first-order chi connectivity index (χ1) is 9.24. The average Bonchev–Trinajstić information content (AvgIpc) is 2.46. The normalized spacial score (nSPS) is 11.9. The van der Waals surface area contributed by atoms with Crippen molar-refractivity contribution in [1.29, 1.82) is 5.26 Å². The van der Waals surface area contributed by atoms with Gasteiger partial charge in [-0.2, -0.15) is 5.26 Å². The van der Waals surface area contributed by atoms with Gasteiger partial charge in [-0.3, -0.25) is 0 Å². The molecule has 0 spiro atoms. The van der Waals surface area contributed by atoms with Crippen LogP contribution in [0.25, 0.3) is 0 Å². The summed E-state index contributed by atoms with van der Waals surface area (Å²) in [5.41, 5.74) is 1.63. The Morgan fingerprint density at radius 3 is 2.84 bits per heavy atom. The number of aliphatic hydroxyl groups excluding tert-OH is 1. The quantitative estimate of drug-likeness (QED) is 0.752. The van der Waals surface area contributed by atoms with E-state index in [4.69, 9.17) is 15.1 Å². The summed E-state index contributed by atoms with van der Waals surface area (Å²) in [6, 6.07) is 7.76. The summed E-state index contributed by atoms with van der Waals surface area (Å²) in [6.07, 6.45) is 1.88. The van der Waals surface area contributed by atoms with Crippen molar-refractivity contribution >= 4 is 0 Å². The number of benzene rings is 1. The molecule has 0 radical (unpaired) electrons. The van der Waals surface area contributed by atoms with E-state index in [-0.39, 0.29) is 6.61 Å². The maximum Gasteiger partial charge on any atom is 0.136 e. The first-order valence-electron chi connectivity index (χ1n) is 6.63. The predicted molar refractivity (Wildman–Crippen MR) is 74.9 cm³/mol. The first-order valence-corrected chi connectivity index (χ1v) is 6.63. The van der Waals surface area contributed by atoms with Gasteiger partial charge in [-0.05, 0) is 36.6 Å². The Labute approximate surface area is 115 Å². The van der Waals surface area contributed by atoms with Crippen LogP contribution in [0.5, 0.6) is 5.75 Å². The smallest absolute Gasteiger partial charge is 0.136 e. The number of aliphatic hydroxyl groups is 1. The SMILES string of the molecule is CCC(CCO)CNCc1ccc(OC)c(C#N)c1. The van der Waals surface area contributed by atoms with Crippen molar-refractivity contribution in [3.05, 3.63) is 29.3 Å². The highest BCUT2D eigenvalue weighted by Crippen LogP contribution is 2.18. The minimum atomic E-state index is 0.237. The first kappa shape index (κ1) is 15.5. The fourth-order valence-electron chi connectivity index (χ4n) is 2.01. The lowest BCUT2D eigenvalue weighted by atomic mass is 10.0. The zero-order valence-electron chi connectivity index (χ0n) is 11.6. The van der Waals surface area contributed by atoms with Gasteiger partial charge in [0.05, 0.1) is 12.7 Å². The average molecular weight is 262 g/mol. The maximum absolute atomic E-state index is 9.02. The molecule has 2 N–H and O–H groups in total. The zero-order chi connectivity index (χ0) is 14.1. The van der Waals surface area contributed by atoms with Crippen molar-refractivity contribution in [2.75, 3.05) is 20.3 Å². The van der Waals surface area contributed by atoms with Crippen LogP contribution in [0, 0.1) is 17.2 Å². The van der Waals surface area contributed by atoms with Gasteiger partial charge in [-0.15, -0.1) is 0 Å². The molecule has 19 heavy (non-hydrogen) atoms. The van der Waals surface area contributed by atoms with Gasteiger partial charge in [0.15, 0.2) is 0 Å². The molecule has 4 nitrogen and oxygen atoms in total. The number of hydrogen-bond acceptors (Lipinski definition) is 4. The summed E-state index contributed by atoms with van der Waals surface area (Å²) in [4.78, 5) is 0. The molecule has 1 aromatic rings. The number of nitrogens with zero attached hydrogens (tertiary/aromatic N) is 1. The van der Waals surface area contributed by atoms with Crippen molar-refractivity contribution in [2.45, 2.75) is 26.3 Å². The second-order valence-electron chi connectivity index (χ2n) is 4.56. The molecular formula is C15H22N2O2. The van der Waals surface area contributed by atoms with Crippen molar-refractivity contribution < 1.29 is 9.84 Å².